The molecule has 1 aliphatic rings. The molecule has 0 atom stereocenters. The molecule has 0 bridgehead atoms. The van der Waals surface area contributed by atoms with Crippen molar-refractivity contribution in [1.82, 2.24) is 4.90 Å². The molecule has 9 nitrogen and oxygen atoms in total. The summed E-state index contributed by atoms with van der Waals surface area (Å²) in [7, 11) is 1.62. The molecular weight excluding hydrogens is 390 g/mol. The van der Waals surface area contributed by atoms with Crippen molar-refractivity contribution in [3.8, 4) is 5.75 Å². The zero-order chi connectivity index (χ0) is 21.7. The Hall–Kier alpha value is -3.62. The van der Waals surface area contributed by atoms with E-state index in [0.29, 0.717) is 26.2 Å². The topological polar surface area (TPSA) is 102 Å². The number of hydrogen-bond acceptors (Lipinski definition) is 7. The molecule has 0 spiro atoms. The number of piperazine rings is 1. The first-order chi connectivity index (χ1) is 14.4. The summed E-state index contributed by atoms with van der Waals surface area (Å²) >= 11 is 0. The minimum absolute atomic E-state index is 0.0846. The van der Waals surface area contributed by atoms with Gasteiger partial charge in [-0.05, 0) is 37.3 Å². The second-order valence-corrected chi connectivity index (χ2v) is 6.85. The number of esters is 1. The van der Waals surface area contributed by atoms with E-state index in [1.807, 2.05) is 24.3 Å². The van der Waals surface area contributed by atoms with Crippen LogP contribution in [0.2, 0.25) is 0 Å². The van der Waals surface area contributed by atoms with E-state index < -0.39 is 17.5 Å². The summed E-state index contributed by atoms with van der Waals surface area (Å²) in [4.78, 5) is 39.0. The quantitative estimate of drug-likeness (QED) is 0.407. The minimum Gasteiger partial charge on any atom is -0.497 e. The number of hydrogen-bond donors (Lipinski definition) is 0. The van der Waals surface area contributed by atoms with Gasteiger partial charge in [-0.25, -0.2) is 4.79 Å². The highest BCUT2D eigenvalue weighted by Crippen LogP contribution is 2.22. The van der Waals surface area contributed by atoms with Crippen LogP contribution in [0.25, 0.3) is 0 Å². The molecule has 3 rings (SSSR count). The third-order valence-corrected chi connectivity index (χ3v) is 5.12. The monoisotopic (exact) mass is 413 g/mol. The molecule has 0 saturated carbocycles. The molecule has 1 amide bonds. The number of nitrogens with zero attached hydrogens (tertiary/aromatic N) is 3. The van der Waals surface area contributed by atoms with Gasteiger partial charge in [0.1, 0.15) is 5.75 Å². The van der Waals surface area contributed by atoms with Gasteiger partial charge in [0.25, 0.3) is 11.6 Å². The van der Waals surface area contributed by atoms with Crippen molar-refractivity contribution < 1.29 is 24.0 Å². The molecule has 1 aliphatic heterocycles. The number of nitro groups is 1. The lowest BCUT2D eigenvalue weighted by atomic mass is 10.1. The van der Waals surface area contributed by atoms with E-state index in [4.69, 9.17) is 9.47 Å². The fourth-order valence-corrected chi connectivity index (χ4v) is 3.35. The number of methoxy groups -OCH3 is 1. The number of ether oxygens (including phenoxy) is 2. The molecule has 1 saturated heterocycles. The summed E-state index contributed by atoms with van der Waals surface area (Å²) in [6.45, 7) is 3.43. The van der Waals surface area contributed by atoms with E-state index >= 15 is 0 Å². The van der Waals surface area contributed by atoms with Gasteiger partial charge < -0.3 is 19.3 Å². The highest BCUT2D eigenvalue weighted by Gasteiger charge is 2.24. The van der Waals surface area contributed by atoms with Gasteiger partial charge in [0.15, 0.2) is 6.61 Å². The standard InChI is InChI=1S/C21H23N3O6/c1-15-18(4-3-5-19(15)24(27)28)21(26)30-14-20(25)23-12-10-22(11-13-23)16-6-8-17(29-2)9-7-16/h3-9H,10-14H2,1-2H3. The Morgan fingerprint density at radius 2 is 1.73 bits per heavy atom. The van der Waals surface area contributed by atoms with Crippen LogP contribution >= 0.6 is 0 Å². The normalized spacial score (nSPS) is 13.7. The third kappa shape index (κ3) is 4.68. The highest BCUT2D eigenvalue weighted by atomic mass is 16.6. The van der Waals surface area contributed by atoms with Crippen LogP contribution in [0, 0.1) is 17.0 Å². The van der Waals surface area contributed by atoms with Crippen molar-refractivity contribution in [1.29, 1.82) is 0 Å². The van der Waals surface area contributed by atoms with Crippen molar-refractivity contribution in [3.05, 3.63) is 63.7 Å². The van der Waals surface area contributed by atoms with Crippen LogP contribution in [0.5, 0.6) is 5.75 Å². The summed E-state index contributed by atoms with van der Waals surface area (Å²) in [6.07, 6.45) is 0. The minimum atomic E-state index is -0.749. The number of benzene rings is 2. The number of carbonyl (C=O) groups excluding carboxylic acids is 2. The molecule has 1 fully saturated rings. The maximum Gasteiger partial charge on any atom is 0.339 e. The molecule has 2 aromatic rings. The summed E-state index contributed by atoms with van der Waals surface area (Å²) in [5, 5.41) is 11.0. The Bertz CT molecular complexity index is 936. The van der Waals surface area contributed by atoms with Gasteiger partial charge >= 0.3 is 5.97 Å². The lowest BCUT2D eigenvalue weighted by molar-refractivity contribution is -0.385. The van der Waals surface area contributed by atoms with Gasteiger partial charge in [-0.15, -0.1) is 0 Å². The molecule has 0 aromatic heterocycles. The first-order valence-corrected chi connectivity index (χ1v) is 9.48. The molecule has 30 heavy (non-hydrogen) atoms. The first kappa shape index (κ1) is 21.1. The van der Waals surface area contributed by atoms with Crippen molar-refractivity contribution in [3.63, 3.8) is 0 Å². The predicted octanol–water partition coefficient (Wildman–Crippen LogP) is 2.42. The Balaban J connectivity index is 1.52. The Kier molecular flexibility index (Phi) is 6.51. The van der Waals surface area contributed by atoms with E-state index in [9.17, 15) is 19.7 Å². The molecule has 9 heteroatoms. The van der Waals surface area contributed by atoms with Gasteiger partial charge in [0.05, 0.1) is 17.6 Å². The number of rotatable bonds is 6. The average molecular weight is 413 g/mol. The summed E-state index contributed by atoms with van der Waals surface area (Å²) in [5.74, 6) is -0.254. The van der Waals surface area contributed by atoms with E-state index in [1.165, 1.54) is 25.1 Å². The molecule has 1 heterocycles. The maximum atomic E-state index is 12.4. The maximum absolute atomic E-state index is 12.4. The van der Waals surface area contributed by atoms with Crippen LogP contribution in [0.3, 0.4) is 0 Å². The number of amides is 1. The van der Waals surface area contributed by atoms with E-state index in [0.717, 1.165) is 11.4 Å². The summed E-state index contributed by atoms with van der Waals surface area (Å²) in [6, 6.07) is 11.9. The molecular formula is C21H23N3O6. The second-order valence-electron chi connectivity index (χ2n) is 6.85. The smallest absolute Gasteiger partial charge is 0.339 e. The van der Waals surface area contributed by atoms with E-state index in [1.54, 1.807) is 12.0 Å². The van der Waals surface area contributed by atoms with E-state index in [-0.39, 0.29) is 22.7 Å². The van der Waals surface area contributed by atoms with Crippen LogP contribution in [0.1, 0.15) is 15.9 Å². The van der Waals surface area contributed by atoms with Crippen molar-refractivity contribution >= 4 is 23.3 Å². The van der Waals surface area contributed by atoms with Gasteiger partial charge in [0, 0.05) is 43.5 Å². The van der Waals surface area contributed by atoms with Crippen molar-refractivity contribution in [2.75, 3.05) is 44.8 Å². The fraction of sp³-hybridized carbons (Fsp3) is 0.333. The van der Waals surface area contributed by atoms with Crippen molar-refractivity contribution in [2.24, 2.45) is 0 Å². The van der Waals surface area contributed by atoms with Crippen LogP contribution < -0.4 is 9.64 Å². The number of anilines is 1. The van der Waals surface area contributed by atoms with E-state index in [2.05, 4.69) is 4.90 Å². The number of carbonyl (C=O) groups is 2. The lowest BCUT2D eigenvalue weighted by Gasteiger charge is -2.36. The molecule has 0 radical (unpaired) electrons. The zero-order valence-corrected chi connectivity index (χ0v) is 16.9. The van der Waals surface area contributed by atoms with Crippen LogP contribution in [-0.4, -0.2) is 61.6 Å². The van der Waals surface area contributed by atoms with Crippen LogP contribution in [0.4, 0.5) is 11.4 Å². The Morgan fingerprint density at radius 1 is 1.07 bits per heavy atom. The molecule has 0 N–H and O–H groups in total. The molecule has 0 aliphatic carbocycles. The van der Waals surface area contributed by atoms with Gasteiger partial charge in [-0.2, -0.15) is 0 Å². The second kappa shape index (κ2) is 9.25. The first-order valence-electron chi connectivity index (χ1n) is 9.48. The van der Waals surface area contributed by atoms with Gasteiger partial charge in [0.2, 0.25) is 0 Å². The largest absolute Gasteiger partial charge is 0.497 e. The Labute approximate surface area is 173 Å². The zero-order valence-electron chi connectivity index (χ0n) is 16.9. The van der Waals surface area contributed by atoms with Gasteiger partial charge in [-0.1, -0.05) is 6.07 Å². The third-order valence-electron chi connectivity index (χ3n) is 5.12. The predicted molar refractivity (Wildman–Crippen MR) is 110 cm³/mol. The SMILES string of the molecule is COc1ccc(N2CCN(C(=O)COC(=O)c3cccc([N+](=O)[O-])c3C)CC2)cc1. The lowest BCUT2D eigenvalue weighted by Crippen LogP contribution is -2.49. The molecule has 0 unspecified atom stereocenters. The van der Waals surface area contributed by atoms with Crippen LogP contribution in [-0.2, 0) is 9.53 Å². The Morgan fingerprint density at radius 3 is 2.33 bits per heavy atom. The summed E-state index contributed by atoms with van der Waals surface area (Å²) in [5.41, 5.74) is 1.19. The van der Waals surface area contributed by atoms with Crippen molar-refractivity contribution in [2.45, 2.75) is 6.92 Å². The molecule has 158 valence electrons. The average Bonchev–Trinajstić information content (AvgIpc) is 2.77. The van der Waals surface area contributed by atoms with Crippen LogP contribution in [0.15, 0.2) is 42.5 Å². The molecule has 2 aromatic carbocycles. The van der Waals surface area contributed by atoms with Gasteiger partial charge in [-0.3, -0.25) is 14.9 Å². The summed E-state index contributed by atoms with van der Waals surface area (Å²) < 4.78 is 10.3. The highest BCUT2D eigenvalue weighted by molar-refractivity contribution is 5.93. The number of nitro benzene ring substituents is 1. The fourth-order valence-electron chi connectivity index (χ4n) is 3.35.